The van der Waals surface area contributed by atoms with E-state index in [1.807, 2.05) is 36.2 Å². The summed E-state index contributed by atoms with van der Waals surface area (Å²) in [5.74, 6) is 0.191. The van der Waals surface area contributed by atoms with E-state index in [1.165, 1.54) is 22.3 Å². The molecule has 0 aliphatic carbocycles. The third-order valence-electron chi connectivity index (χ3n) is 7.92. The van der Waals surface area contributed by atoms with Gasteiger partial charge in [0.25, 0.3) is 6.47 Å². The van der Waals surface area contributed by atoms with Crippen LogP contribution in [0.15, 0.2) is 119 Å². The first-order chi connectivity index (χ1) is 29.2. The number of ether oxygens (including phenoxy) is 3. The minimum absolute atomic E-state index is 0. The Bertz CT molecular complexity index is 1860. The molecular weight excluding hydrogens is 798 g/mol. The van der Waals surface area contributed by atoms with Gasteiger partial charge in [0.2, 0.25) is 11.8 Å². The van der Waals surface area contributed by atoms with Crippen LogP contribution in [-0.2, 0) is 28.7 Å². The SMILES string of the molecule is C=C(CN(C)CCOc1ccc(/C(=C(/CC)c2ccccc2)c2ccccc2)cc1)C(=O)NCCOCCN=[N+]=[N-].C=C(CO)C(=O)NCCOCCN=[N+]=[N-].O=CO[O-].[Na+]. The van der Waals surface area contributed by atoms with Gasteiger partial charge in [-0.25, -0.2) is 0 Å². The minimum Gasteiger partial charge on any atom is -0.662 e. The van der Waals surface area contributed by atoms with E-state index < -0.39 is 5.91 Å². The predicted molar refractivity (Wildman–Crippen MR) is 227 cm³/mol. The van der Waals surface area contributed by atoms with Crippen LogP contribution in [0.4, 0.5) is 0 Å². The summed E-state index contributed by atoms with van der Waals surface area (Å²) in [4.78, 5) is 41.7. The maximum atomic E-state index is 12.3. The fourth-order valence-electron chi connectivity index (χ4n) is 5.10. The van der Waals surface area contributed by atoms with Gasteiger partial charge >= 0.3 is 29.6 Å². The van der Waals surface area contributed by atoms with E-state index in [0.29, 0.717) is 64.8 Å². The predicted octanol–water partition coefficient (Wildman–Crippen LogP) is 1.78. The maximum Gasteiger partial charge on any atom is 1.00 e. The molecule has 3 aromatic carbocycles. The summed E-state index contributed by atoms with van der Waals surface area (Å²) in [6, 6.07) is 29.3. The molecule has 0 aliphatic rings. The van der Waals surface area contributed by atoms with E-state index in [-0.39, 0.29) is 67.2 Å². The molecule has 2 amide bonds. The normalized spacial score (nSPS) is 10.2. The van der Waals surface area contributed by atoms with Crippen molar-refractivity contribution < 1.29 is 73.4 Å². The molecule has 3 aromatic rings. The van der Waals surface area contributed by atoms with Gasteiger partial charge in [0, 0.05) is 60.2 Å². The molecule has 0 aliphatic heterocycles. The van der Waals surface area contributed by atoms with E-state index in [0.717, 1.165) is 17.7 Å². The van der Waals surface area contributed by atoms with Crippen molar-refractivity contribution in [3.05, 3.63) is 147 Å². The zero-order valence-electron chi connectivity index (χ0n) is 35.1. The van der Waals surface area contributed by atoms with Gasteiger partial charge in [0.05, 0.1) is 33.0 Å². The van der Waals surface area contributed by atoms with Gasteiger partial charge in [0.1, 0.15) is 12.4 Å². The molecule has 322 valence electrons. The Hall–Kier alpha value is -5.49. The van der Waals surface area contributed by atoms with Gasteiger partial charge in [-0.05, 0) is 64.5 Å². The molecule has 18 nitrogen and oxygen atoms in total. The van der Waals surface area contributed by atoms with Gasteiger partial charge < -0.3 is 40.1 Å². The molecular formula is C42H54N9NaO9. The molecule has 0 radical (unpaired) electrons. The van der Waals surface area contributed by atoms with Crippen molar-refractivity contribution in [2.75, 3.05) is 86.0 Å². The van der Waals surface area contributed by atoms with Crippen molar-refractivity contribution in [3.8, 4) is 5.75 Å². The van der Waals surface area contributed by atoms with Crippen LogP contribution in [0.2, 0.25) is 0 Å². The summed E-state index contributed by atoms with van der Waals surface area (Å²) >= 11 is 0. The molecule has 0 aromatic heterocycles. The molecule has 61 heavy (non-hydrogen) atoms. The Morgan fingerprint density at radius 3 is 1.72 bits per heavy atom. The van der Waals surface area contributed by atoms with Gasteiger partial charge in [-0.1, -0.05) is 103 Å². The van der Waals surface area contributed by atoms with Crippen molar-refractivity contribution in [2.45, 2.75) is 13.3 Å². The number of allylic oxidation sites excluding steroid dienone is 1. The number of carbonyl (C=O) groups is 3. The van der Waals surface area contributed by atoms with Crippen LogP contribution in [0.5, 0.6) is 5.75 Å². The number of carbonyl (C=O) groups excluding carboxylic acids is 3. The smallest absolute Gasteiger partial charge is 0.662 e. The number of nitrogens with zero attached hydrogens (tertiary/aromatic N) is 7. The quantitative estimate of drug-likeness (QED) is 0.0101. The van der Waals surface area contributed by atoms with Gasteiger partial charge in [-0.2, -0.15) is 0 Å². The number of hydrogen-bond donors (Lipinski definition) is 3. The van der Waals surface area contributed by atoms with Crippen LogP contribution in [0.3, 0.4) is 0 Å². The first-order valence-corrected chi connectivity index (χ1v) is 18.8. The first kappa shape index (κ1) is 55.5. The van der Waals surface area contributed by atoms with Crippen LogP contribution in [0, 0.1) is 0 Å². The first-order valence-electron chi connectivity index (χ1n) is 18.8. The van der Waals surface area contributed by atoms with Crippen LogP contribution in [0.1, 0.15) is 30.0 Å². The molecule has 0 atom stereocenters. The number of azide groups is 2. The molecule has 0 unspecified atom stereocenters. The molecule has 3 rings (SSSR count). The standard InChI is InChI=1S/C33H39N5O3.C8H14N4O3.CH2O3.Na/c1-4-31(27-11-7-5-8-12-27)32(28-13-9-6-10-14-28)29-15-17-30(18-16-29)41-24-21-38(3)25-26(2)33(39)35-19-22-40-23-20-36-37-34;1-7(6-13)8(14)10-2-4-15-5-3-11-12-9;2-1-4-3;/h5-18H,2,4,19-25H2,1,3H3,(H,35,39);13H,1-6H2,(H,10,14);1,3H;/q;;;+1/p-1/b32-31-;;;. The molecule has 19 heteroatoms. The van der Waals surface area contributed by atoms with Crippen LogP contribution < -0.4 is 50.2 Å². The number of nitrogens with one attached hydrogen (secondary N) is 2. The van der Waals surface area contributed by atoms with Crippen molar-refractivity contribution in [2.24, 2.45) is 10.2 Å². The third kappa shape index (κ3) is 25.0. The zero-order chi connectivity index (χ0) is 44.2. The average Bonchev–Trinajstić information content (AvgIpc) is 3.28. The molecule has 0 saturated heterocycles. The number of benzene rings is 3. The van der Waals surface area contributed by atoms with Gasteiger partial charge in [-0.15, -0.1) is 0 Å². The zero-order valence-corrected chi connectivity index (χ0v) is 37.1. The fourth-order valence-corrected chi connectivity index (χ4v) is 5.10. The summed E-state index contributed by atoms with van der Waals surface area (Å²) in [6.07, 6.45) is 0.912. The number of amides is 2. The summed E-state index contributed by atoms with van der Waals surface area (Å²) in [7, 11) is 1.93. The molecule has 0 spiro atoms. The Kier molecular flexibility index (Phi) is 33.1. The van der Waals surface area contributed by atoms with Crippen LogP contribution in [0.25, 0.3) is 32.0 Å². The third-order valence-corrected chi connectivity index (χ3v) is 7.92. The van der Waals surface area contributed by atoms with Crippen molar-refractivity contribution in [1.82, 2.24) is 15.5 Å². The molecule has 3 N–H and O–H groups in total. The average molecular weight is 852 g/mol. The molecule has 0 saturated carbocycles. The Balaban J connectivity index is 0.00000150. The summed E-state index contributed by atoms with van der Waals surface area (Å²) in [5, 5.41) is 28.9. The van der Waals surface area contributed by atoms with Crippen molar-refractivity contribution >= 4 is 29.4 Å². The Labute approximate surface area is 378 Å². The van der Waals surface area contributed by atoms with E-state index in [4.69, 9.17) is 40.4 Å². The minimum atomic E-state index is -0.392. The fraction of sp³-hybridized carbons (Fsp3) is 0.357. The second kappa shape index (κ2) is 36.4. The van der Waals surface area contributed by atoms with E-state index in [1.54, 1.807) is 0 Å². The van der Waals surface area contributed by atoms with Crippen LogP contribution in [-0.4, -0.2) is 114 Å². The maximum absolute atomic E-state index is 12.3. The van der Waals surface area contributed by atoms with Gasteiger partial charge in [-0.3, -0.25) is 19.3 Å². The van der Waals surface area contributed by atoms with Gasteiger partial charge in [0.15, 0.2) is 0 Å². The second-order valence-corrected chi connectivity index (χ2v) is 12.3. The van der Waals surface area contributed by atoms with E-state index >= 15 is 0 Å². The van der Waals surface area contributed by atoms with E-state index in [2.05, 4.69) is 116 Å². The second-order valence-electron chi connectivity index (χ2n) is 12.3. The topological polar surface area (TPSA) is 256 Å². The van der Waals surface area contributed by atoms with Crippen LogP contribution >= 0.6 is 0 Å². The number of aliphatic hydroxyl groups is 1. The molecule has 0 fully saturated rings. The number of rotatable bonds is 26. The van der Waals surface area contributed by atoms with Crippen molar-refractivity contribution in [3.63, 3.8) is 0 Å². The largest absolute Gasteiger partial charge is 1.00 e. The van der Waals surface area contributed by atoms with Crippen molar-refractivity contribution in [1.29, 1.82) is 0 Å². The number of hydrogen-bond acceptors (Lipinski definition) is 12. The molecule has 0 bridgehead atoms. The van der Waals surface area contributed by atoms with E-state index in [9.17, 15) is 9.59 Å². The number of likely N-dealkylation sites (N-methyl/N-ethyl adjacent to an activating group) is 1. The summed E-state index contributed by atoms with van der Waals surface area (Å²) in [5.41, 5.74) is 22.8. The number of aliphatic hydroxyl groups excluding tert-OH is 1. The summed E-state index contributed by atoms with van der Waals surface area (Å²) < 4.78 is 16.3. The molecule has 0 heterocycles. The Morgan fingerprint density at radius 2 is 1.26 bits per heavy atom. The summed E-state index contributed by atoms with van der Waals surface area (Å²) in [6.45, 7) is 13.0. The monoisotopic (exact) mass is 851 g/mol. The Morgan fingerprint density at radius 1 is 0.787 bits per heavy atom.